The van der Waals surface area contributed by atoms with Gasteiger partial charge in [0.25, 0.3) is 0 Å². The van der Waals surface area contributed by atoms with Crippen LogP contribution in [-0.2, 0) is 33.4 Å². The van der Waals surface area contributed by atoms with Crippen molar-refractivity contribution in [3.05, 3.63) is 59.8 Å². The number of ether oxygens (including phenoxy) is 3. The van der Waals surface area contributed by atoms with Crippen molar-refractivity contribution >= 4 is 23.3 Å². The van der Waals surface area contributed by atoms with Crippen molar-refractivity contribution < 1.29 is 48.7 Å². The van der Waals surface area contributed by atoms with Crippen LogP contribution in [0.4, 0.5) is 0 Å². The molecule has 10 heteroatoms. The first-order valence-electron chi connectivity index (χ1n) is 18.6. The largest absolute Gasteiger partial charge is 0.455 e. The molecule has 0 aromatic rings. The highest BCUT2D eigenvalue weighted by Gasteiger charge is 2.41. The van der Waals surface area contributed by atoms with Crippen LogP contribution in [-0.4, -0.2) is 87.5 Å². The van der Waals surface area contributed by atoms with Crippen LogP contribution in [0.25, 0.3) is 0 Å². The summed E-state index contributed by atoms with van der Waals surface area (Å²) >= 11 is 0. The Bertz CT molecular complexity index is 1370. The third kappa shape index (κ3) is 12.3. The van der Waals surface area contributed by atoms with Crippen LogP contribution in [0.2, 0.25) is 0 Å². The van der Waals surface area contributed by atoms with Gasteiger partial charge in [-0.15, -0.1) is 0 Å². The molecule has 4 bridgehead atoms. The molecule has 3 aliphatic heterocycles. The number of hydrogen-bond acceptors (Lipinski definition) is 10. The number of fused-ring (bicyclic) bond motifs is 4. The number of allylic oxidation sites excluding steroid dienone is 4. The van der Waals surface area contributed by atoms with Gasteiger partial charge in [-0.2, -0.15) is 0 Å². The fraction of sp³-hybridized carbons (Fsp3) is 0.659. The highest BCUT2D eigenvalue weighted by molar-refractivity contribution is 6.07. The Morgan fingerprint density at radius 3 is 2.37 bits per heavy atom. The van der Waals surface area contributed by atoms with Gasteiger partial charge in [0.15, 0.2) is 5.78 Å². The average molecular weight is 713 g/mol. The molecule has 0 aromatic carbocycles. The summed E-state index contributed by atoms with van der Waals surface area (Å²) in [7, 11) is 0. The van der Waals surface area contributed by atoms with E-state index in [1.807, 2.05) is 6.92 Å². The highest BCUT2D eigenvalue weighted by atomic mass is 16.6. The molecule has 3 heterocycles. The van der Waals surface area contributed by atoms with Crippen LogP contribution in [0.5, 0.6) is 0 Å². The van der Waals surface area contributed by atoms with E-state index < -0.39 is 66.6 Å². The van der Waals surface area contributed by atoms with Gasteiger partial charge in [-0.25, -0.2) is 0 Å². The van der Waals surface area contributed by atoms with Gasteiger partial charge in [-0.1, -0.05) is 71.1 Å². The second-order valence-electron chi connectivity index (χ2n) is 15.0. The number of ketones is 3. The summed E-state index contributed by atoms with van der Waals surface area (Å²) in [5, 5.41) is 32.9. The van der Waals surface area contributed by atoms with Gasteiger partial charge in [0.05, 0.1) is 36.9 Å². The lowest BCUT2D eigenvalue weighted by Gasteiger charge is -2.26. The number of hydrogen-bond donors (Lipinski definition) is 3. The van der Waals surface area contributed by atoms with E-state index in [0.717, 1.165) is 12.8 Å². The van der Waals surface area contributed by atoms with Crippen molar-refractivity contribution in [2.24, 2.45) is 17.8 Å². The van der Waals surface area contributed by atoms with Crippen molar-refractivity contribution in [2.75, 3.05) is 0 Å². The maximum absolute atomic E-state index is 13.4. The molecule has 10 nitrogen and oxygen atoms in total. The smallest absolute Gasteiger partial charge is 0.309 e. The van der Waals surface area contributed by atoms with E-state index >= 15 is 0 Å². The molecule has 11 atom stereocenters. The zero-order valence-corrected chi connectivity index (χ0v) is 31.3. The molecule has 3 rings (SSSR count). The summed E-state index contributed by atoms with van der Waals surface area (Å²) in [5.74, 6) is -2.20. The molecule has 0 aliphatic carbocycles. The Balaban J connectivity index is 1.86. The van der Waals surface area contributed by atoms with Crippen LogP contribution >= 0.6 is 0 Å². The molecule has 2 fully saturated rings. The SMILES string of the molecule is C=C(CCCC)C(=O)/C(C)=C/C=C/[C@H]1OC(=O)C[C@@H]2O[C@H](C[C@H]2C)[C@H](O)[C@H](O)C(=C)/C=C(\C)[C@@H](C)[C@@H](O)CC(=O)[C@@H](C)CC(=O)C[C@H]2CC[C@H]1O2. The molecule has 0 amide bonds. The Labute approximate surface area is 303 Å². The third-order valence-corrected chi connectivity index (χ3v) is 10.6. The summed E-state index contributed by atoms with van der Waals surface area (Å²) in [6, 6.07) is 0. The van der Waals surface area contributed by atoms with Crippen molar-refractivity contribution in [3.8, 4) is 0 Å². The standard InChI is InChI=1S/C41H60O10/c1-9-10-12-23(2)39(46)24(3)13-11-14-34-35-16-15-31(49-35)20-30(42)18-26(5)32(43)21-33(44)29(8)25(4)17-28(7)40(47)41(48)37-19-27(6)36(50-37)22-38(45)51-34/h11,13-14,17,26-27,29,31,33-37,40-41,44,47-48H,2,7,9-10,12,15-16,18-22H2,1,3-6,8H3/b14-11+,24-13+,25-17+/t26-,27+,29+,31+,33-,34+,35+,36-,37+,40+,41-/m0/s1. The third-order valence-electron chi connectivity index (χ3n) is 10.6. The van der Waals surface area contributed by atoms with Gasteiger partial charge < -0.3 is 29.5 Å². The monoisotopic (exact) mass is 712 g/mol. The molecule has 51 heavy (non-hydrogen) atoms. The minimum Gasteiger partial charge on any atom is -0.455 e. The first-order chi connectivity index (χ1) is 24.0. The van der Waals surface area contributed by atoms with Crippen molar-refractivity contribution in [3.63, 3.8) is 0 Å². The molecule has 0 radical (unpaired) electrons. The predicted molar refractivity (Wildman–Crippen MR) is 195 cm³/mol. The number of carbonyl (C=O) groups is 4. The summed E-state index contributed by atoms with van der Waals surface area (Å²) < 4.78 is 18.3. The summed E-state index contributed by atoms with van der Waals surface area (Å²) in [5.41, 5.74) is 1.94. The van der Waals surface area contributed by atoms with Crippen LogP contribution in [0, 0.1) is 17.8 Å². The first kappa shape index (κ1) is 42.4. The number of carbonyl (C=O) groups excluding carboxylic acids is 4. The molecule has 2 saturated heterocycles. The van der Waals surface area contributed by atoms with Crippen molar-refractivity contribution in [1.29, 1.82) is 0 Å². The van der Waals surface area contributed by atoms with E-state index in [4.69, 9.17) is 14.2 Å². The van der Waals surface area contributed by atoms with Crippen LogP contribution in [0.1, 0.15) is 106 Å². The van der Waals surface area contributed by atoms with Gasteiger partial charge in [-0.3, -0.25) is 19.2 Å². The van der Waals surface area contributed by atoms with E-state index in [2.05, 4.69) is 20.1 Å². The molecule has 3 aliphatic rings. The lowest BCUT2D eigenvalue weighted by atomic mass is 9.87. The first-order valence-corrected chi connectivity index (χ1v) is 18.6. The molecule has 0 unspecified atom stereocenters. The summed E-state index contributed by atoms with van der Waals surface area (Å²) in [6.45, 7) is 18.7. The van der Waals surface area contributed by atoms with Gasteiger partial charge in [0.2, 0.25) is 0 Å². The minimum atomic E-state index is -1.37. The second-order valence-corrected chi connectivity index (χ2v) is 15.0. The van der Waals surface area contributed by atoms with E-state index in [0.29, 0.717) is 42.4 Å². The zero-order chi connectivity index (χ0) is 38.0. The fourth-order valence-corrected chi connectivity index (χ4v) is 6.91. The Morgan fingerprint density at radius 1 is 0.980 bits per heavy atom. The number of esters is 1. The predicted octanol–water partition coefficient (Wildman–Crippen LogP) is 5.63. The topological polar surface area (TPSA) is 157 Å². The lowest BCUT2D eigenvalue weighted by Crippen LogP contribution is -2.38. The average Bonchev–Trinajstić information content (AvgIpc) is 3.70. The molecular formula is C41H60O10. The van der Waals surface area contributed by atoms with E-state index in [9.17, 15) is 34.5 Å². The number of rotatable bonds is 7. The number of unbranched alkanes of at least 4 members (excludes halogenated alkanes) is 1. The zero-order valence-electron chi connectivity index (χ0n) is 31.3. The van der Waals surface area contributed by atoms with Crippen molar-refractivity contribution in [1.82, 2.24) is 0 Å². The number of Topliss-reactive ketones (excluding diaryl/α,β-unsaturated/α-hetero) is 3. The Morgan fingerprint density at radius 2 is 1.69 bits per heavy atom. The maximum Gasteiger partial charge on any atom is 0.309 e. The Hall–Kier alpha value is -3.02. The molecular weight excluding hydrogens is 652 g/mol. The Kier molecular flexibility index (Phi) is 16.4. The number of aliphatic hydroxyl groups excluding tert-OH is 3. The molecule has 0 saturated carbocycles. The quantitative estimate of drug-likeness (QED) is 0.172. The molecule has 3 N–H and O–H groups in total. The molecule has 0 aromatic heterocycles. The number of aliphatic hydroxyl groups is 3. The van der Waals surface area contributed by atoms with E-state index in [1.165, 1.54) is 0 Å². The summed E-state index contributed by atoms with van der Waals surface area (Å²) in [6.07, 6.45) is 3.63. The fourth-order valence-electron chi connectivity index (χ4n) is 6.91. The van der Waals surface area contributed by atoms with Crippen LogP contribution < -0.4 is 0 Å². The molecule has 0 spiro atoms. The van der Waals surface area contributed by atoms with Crippen LogP contribution in [0.3, 0.4) is 0 Å². The second kappa shape index (κ2) is 19.7. The van der Waals surface area contributed by atoms with E-state index in [1.54, 1.807) is 52.0 Å². The highest BCUT2D eigenvalue weighted by Crippen LogP contribution is 2.34. The van der Waals surface area contributed by atoms with Gasteiger partial charge in [0.1, 0.15) is 29.9 Å². The van der Waals surface area contributed by atoms with Gasteiger partial charge >= 0.3 is 5.97 Å². The minimum absolute atomic E-state index is 0.0148. The summed E-state index contributed by atoms with van der Waals surface area (Å²) in [4.78, 5) is 52.2. The van der Waals surface area contributed by atoms with Gasteiger partial charge in [0, 0.05) is 31.1 Å². The number of cyclic esters (lactones) is 1. The molecule has 284 valence electrons. The van der Waals surface area contributed by atoms with Crippen LogP contribution in [0.15, 0.2) is 59.8 Å². The maximum atomic E-state index is 13.4. The lowest BCUT2D eigenvalue weighted by molar-refractivity contribution is -0.158. The van der Waals surface area contributed by atoms with Crippen molar-refractivity contribution in [2.45, 2.75) is 155 Å². The normalized spacial score (nSPS) is 36.5. The van der Waals surface area contributed by atoms with Gasteiger partial charge in [-0.05, 0) is 74.7 Å². The van der Waals surface area contributed by atoms with E-state index in [-0.39, 0.29) is 54.5 Å².